The first-order valence-corrected chi connectivity index (χ1v) is 11.5. The van der Waals surface area contributed by atoms with E-state index >= 15 is 0 Å². The van der Waals surface area contributed by atoms with E-state index in [1.54, 1.807) is 36.4 Å². The number of benzene rings is 2. The molecule has 1 fully saturated rings. The second-order valence-electron chi connectivity index (χ2n) is 6.86. The normalized spacial score (nSPS) is 20.5. The Hall–Kier alpha value is -1.70. The van der Waals surface area contributed by atoms with Crippen LogP contribution in [0.3, 0.4) is 0 Å². The molecule has 3 rings (SSSR count). The van der Waals surface area contributed by atoms with Crippen LogP contribution < -0.4 is 0 Å². The molecule has 0 spiro atoms. The van der Waals surface area contributed by atoms with Crippen LogP contribution in [-0.4, -0.2) is 33.6 Å². The van der Waals surface area contributed by atoms with Crippen molar-refractivity contribution in [2.24, 2.45) is 5.92 Å². The first-order chi connectivity index (χ1) is 12.2. The van der Waals surface area contributed by atoms with E-state index < -0.39 is 29.9 Å². The lowest BCUT2D eigenvalue weighted by molar-refractivity contribution is 0.230. The second kappa shape index (κ2) is 6.79. The van der Waals surface area contributed by atoms with Crippen LogP contribution in [0.1, 0.15) is 20.3 Å². The van der Waals surface area contributed by atoms with Gasteiger partial charge in [-0.3, -0.25) is 0 Å². The lowest BCUT2D eigenvalue weighted by atomic mass is 9.94. The maximum atomic E-state index is 13.2. The fraction of sp³-hybridized carbons (Fsp3) is 0.368. The summed E-state index contributed by atoms with van der Waals surface area (Å²) in [5.74, 6) is 0.0157. The third-order valence-corrected chi connectivity index (χ3v) is 10.0. The van der Waals surface area contributed by atoms with Crippen molar-refractivity contribution >= 4 is 19.7 Å². The van der Waals surface area contributed by atoms with Crippen LogP contribution in [0.2, 0.25) is 0 Å². The Bertz CT molecular complexity index is 892. The fourth-order valence-corrected chi connectivity index (χ4v) is 7.66. The van der Waals surface area contributed by atoms with Gasteiger partial charge in [-0.2, -0.15) is 0 Å². The topological polar surface area (TPSA) is 80.8 Å². The van der Waals surface area contributed by atoms with Gasteiger partial charge in [0.1, 0.15) is 0 Å². The van der Waals surface area contributed by atoms with Gasteiger partial charge in [0.05, 0.1) is 22.0 Å². The number of epoxide rings is 1. The Labute approximate surface area is 154 Å². The van der Waals surface area contributed by atoms with Crippen LogP contribution in [0.4, 0.5) is 0 Å². The van der Waals surface area contributed by atoms with Crippen LogP contribution in [0.5, 0.6) is 0 Å². The van der Waals surface area contributed by atoms with Gasteiger partial charge in [0.2, 0.25) is 0 Å². The summed E-state index contributed by atoms with van der Waals surface area (Å²) in [6.07, 6.45) is -0.0842. The Morgan fingerprint density at radius 1 is 0.846 bits per heavy atom. The highest BCUT2D eigenvalue weighted by molar-refractivity contribution is 8.09. The van der Waals surface area contributed by atoms with E-state index in [-0.39, 0.29) is 22.1 Å². The molecule has 26 heavy (non-hydrogen) atoms. The van der Waals surface area contributed by atoms with Crippen molar-refractivity contribution in [2.45, 2.75) is 40.2 Å². The molecule has 1 saturated heterocycles. The van der Waals surface area contributed by atoms with Gasteiger partial charge in [-0.1, -0.05) is 50.2 Å². The van der Waals surface area contributed by atoms with E-state index in [0.29, 0.717) is 6.61 Å². The van der Waals surface area contributed by atoms with Gasteiger partial charge in [-0.05, 0) is 30.2 Å². The molecule has 1 atom stereocenters. The van der Waals surface area contributed by atoms with Crippen LogP contribution >= 0.6 is 0 Å². The van der Waals surface area contributed by atoms with E-state index in [1.807, 2.05) is 13.8 Å². The molecule has 0 radical (unpaired) electrons. The summed E-state index contributed by atoms with van der Waals surface area (Å²) in [5, 5.41) is 0. The average Bonchev–Trinajstić information content (AvgIpc) is 3.42. The molecule has 140 valence electrons. The van der Waals surface area contributed by atoms with Gasteiger partial charge in [-0.15, -0.1) is 0 Å². The highest BCUT2D eigenvalue weighted by Crippen LogP contribution is 2.43. The quantitative estimate of drug-likeness (QED) is 0.674. The van der Waals surface area contributed by atoms with Crippen molar-refractivity contribution in [3.8, 4) is 0 Å². The van der Waals surface area contributed by atoms with Crippen molar-refractivity contribution in [2.75, 3.05) is 6.61 Å². The number of hydrogen-bond acceptors (Lipinski definition) is 5. The molecule has 0 amide bonds. The highest BCUT2D eigenvalue weighted by Gasteiger charge is 2.54. The van der Waals surface area contributed by atoms with Gasteiger partial charge in [0.25, 0.3) is 0 Å². The molecule has 0 aliphatic carbocycles. The third-order valence-electron chi connectivity index (χ3n) is 4.92. The number of hydrogen-bond donors (Lipinski definition) is 0. The SMILES string of the molecule is CC(C)[C@@]1(CC(S(=O)(=O)c2ccccc2)S(=O)(=O)c2ccccc2)CO1. The molecule has 0 N–H and O–H groups in total. The van der Waals surface area contributed by atoms with E-state index in [4.69, 9.17) is 4.74 Å². The van der Waals surface area contributed by atoms with Crippen molar-refractivity contribution < 1.29 is 21.6 Å². The van der Waals surface area contributed by atoms with Gasteiger partial charge < -0.3 is 4.74 Å². The highest BCUT2D eigenvalue weighted by atomic mass is 32.3. The molecule has 0 aromatic heterocycles. The zero-order chi connectivity index (χ0) is 19.0. The Morgan fingerprint density at radius 3 is 1.54 bits per heavy atom. The number of sulfone groups is 2. The first kappa shape index (κ1) is 19.1. The molecule has 0 unspecified atom stereocenters. The van der Waals surface area contributed by atoms with Crippen molar-refractivity contribution in [1.82, 2.24) is 0 Å². The minimum Gasteiger partial charge on any atom is -0.369 e. The zero-order valence-electron chi connectivity index (χ0n) is 14.7. The summed E-state index contributed by atoms with van der Waals surface area (Å²) in [7, 11) is -8.20. The molecule has 7 heteroatoms. The molecular formula is C19H22O5S2. The fourth-order valence-electron chi connectivity index (χ4n) is 2.97. The molecule has 0 saturated carbocycles. The monoisotopic (exact) mass is 394 g/mol. The van der Waals surface area contributed by atoms with Crippen LogP contribution in [0, 0.1) is 5.92 Å². The summed E-state index contributed by atoms with van der Waals surface area (Å²) in [5.41, 5.74) is -0.714. The Kier molecular flexibility index (Phi) is 4.98. The Morgan fingerprint density at radius 2 is 1.23 bits per heavy atom. The van der Waals surface area contributed by atoms with Crippen molar-refractivity contribution in [3.05, 3.63) is 60.7 Å². The molecule has 5 nitrogen and oxygen atoms in total. The van der Waals surface area contributed by atoms with Crippen LogP contribution in [0.25, 0.3) is 0 Å². The van der Waals surface area contributed by atoms with Crippen molar-refractivity contribution in [3.63, 3.8) is 0 Å². The maximum Gasteiger partial charge on any atom is 0.196 e. The summed E-state index contributed by atoms with van der Waals surface area (Å²) in [4.78, 5) is 0.00752. The van der Waals surface area contributed by atoms with E-state index in [9.17, 15) is 16.8 Å². The third kappa shape index (κ3) is 3.43. The van der Waals surface area contributed by atoms with E-state index in [0.717, 1.165) is 0 Å². The van der Waals surface area contributed by atoms with Gasteiger partial charge in [-0.25, -0.2) is 16.8 Å². The van der Waals surface area contributed by atoms with Crippen LogP contribution in [-0.2, 0) is 24.4 Å². The molecule has 0 bridgehead atoms. The maximum absolute atomic E-state index is 13.2. The standard InChI is InChI=1S/C19H22O5S2/c1-15(2)19(14-24-19)13-18(25(20,21)16-9-5-3-6-10-16)26(22,23)17-11-7-4-8-12-17/h3-12,15,18H,13-14H2,1-2H3/t19-/m1/s1. The smallest absolute Gasteiger partial charge is 0.196 e. The van der Waals surface area contributed by atoms with E-state index in [2.05, 4.69) is 0 Å². The first-order valence-electron chi connectivity index (χ1n) is 8.42. The molecule has 1 aliphatic heterocycles. The summed E-state index contributed by atoms with van der Waals surface area (Å²) < 4.78 is 56.9. The molecule has 2 aromatic carbocycles. The minimum atomic E-state index is -4.10. The molecule has 2 aromatic rings. The van der Waals surface area contributed by atoms with Gasteiger partial charge >= 0.3 is 0 Å². The van der Waals surface area contributed by atoms with Crippen molar-refractivity contribution in [1.29, 1.82) is 0 Å². The summed E-state index contributed by atoms with van der Waals surface area (Å²) >= 11 is 0. The Balaban J connectivity index is 2.12. The number of rotatable bonds is 7. The second-order valence-corrected chi connectivity index (χ2v) is 11.4. The van der Waals surface area contributed by atoms with Gasteiger partial charge in [0.15, 0.2) is 24.3 Å². The average molecular weight is 395 g/mol. The van der Waals surface area contributed by atoms with Gasteiger partial charge in [0, 0.05) is 6.42 Å². The van der Waals surface area contributed by atoms with Crippen LogP contribution in [0.15, 0.2) is 70.5 Å². The largest absolute Gasteiger partial charge is 0.369 e. The zero-order valence-corrected chi connectivity index (χ0v) is 16.3. The minimum absolute atomic E-state index is 0.00376. The predicted octanol–water partition coefficient (Wildman–Crippen LogP) is 3.08. The lowest BCUT2D eigenvalue weighted by Crippen LogP contribution is -2.37. The predicted molar refractivity (Wildman–Crippen MR) is 99.2 cm³/mol. The summed E-state index contributed by atoms with van der Waals surface area (Å²) in [6, 6.07) is 15.5. The lowest BCUT2D eigenvalue weighted by Gasteiger charge is -2.24. The van der Waals surface area contributed by atoms with E-state index in [1.165, 1.54) is 24.3 Å². The molecular weight excluding hydrogens is 372 g/mol. The molecule has 1 aliphatic rings. The molecule has 1 heterocycles. The number of ether oxygens (including phenoxy) is 1. The summed E-state index contributed by atoms with van der Waals surface area (Å²) in [6.45, 7) is 4.19.